The van der Waals surface area contributed by atoms with Gasteiger partial charge < -0.3 is 14.9 Å². The smallest absolute Gasteiger partial charge is 0.110 e. The molecule has 1 atom stereocenters. The Morgan fingerprint density at radius 3 is 2.74 bits per heavy atom. The molecule has 4 heteroatoms. The lowest BCUT2D eigenvalue weighted by Gasteiger charge is -2.13. The minimum absolute atomic E-state index is 0.0431. The minimum atomic E-state index is -0.0431. The van der Waals surface area contributed by atoms with Gasteiger partial charge >= 0.3 is 0 Å². The first kappa shape index (κ1) is 12.0. The van der Waals surface area contributed by atoms with Gasteiger partial charge in [-0.05, 0) is 17.5 Å². The standard InChI is InChI=1S/C15H18N4/c1-18-8-7-17-15(18)10-12(16)14-9-11-5-3-4-6-13(11)19(14)2/h3-9,12H,10,16H2,1-2H3. The summed E-state index contributed by atoms with van der Waals surface area (Å²) in [6.07, 6.45) is 4.50. The summed E-state index contributed by atoms with van der Waals surface area (Å²) in [7, 11) is 4.06. The van der Waals surface area contributed by atoms with Gasteiger partial charge in [-0.25, -0.2) is 4.98 Å². The van der Waals surface area contributed by atoms with Crippen LogP contribution in [-0.2, 0) is 20.5 Å². The Bertz CT molecular complexity index is 708. The molecule has 1 unspecified atom stereocenters. The van der Waals surface area contributed by atoms with Crippen molar-refractivity contribution in [3.8, 4) is 0 Å². The van der Waals surface area contributed by atoms with E-state index >= 15 is 0 Å². The molecule has 0 amide bonds. The van der Waals surface area contributed by atoms with Gasteiger partial charge in [0.15, 0.2) is 0 Å². The van der Waals surface area contributed by atoms with E-state index in [1.165, 1.54) is 10.9 Å². The predicted octanol–water partition coefficient (Wildman–Crippen LogP) is 2.15. The van der Waals surface area contributed by atoms with Gasteiger partial charge in [-0.1, -0.05) is 18.2 Å². The highest BCUT2D eigenvalue weighted by atomic mass is 15.0. The predicted molar refractivity (Wildman–Crippen MR) is 76.8 cm³/mol. The fourth-order valence-corrected chi connectivity index (χ4v) is 2.56. The lowest BCUT2D eigenvalue weighted by Crippen LogP contribution is -2.18. The number of imidazole rings is 1. The molecule has 98 valence electrons. The maximum absolute atomic E-state index is 6.35. The van der Waals surface area contributed by atoms with E-state index in [1.807, 2.05) is 24.0 Å². The van der Waals surface area contributed by atoms with Crippen molar-refractivity contribution >= 4 is 10.9 Å². The van der Waals surface area contributed by atoms with E-state index in [2.05, 4.69) is 46.9 Å². The van der Waals surface area contributed by atoms with E-state index in [0.29, 0.717) is 0 Å². The number of hydrogen-bond acceptors (Lipinski definition) is 2. The molecule has 0 aliphatic carbocycles. The van der Waals surface area contributed by atoms with E-state index in [-0.39, 0.29) is 6.04 Å². The number of benzene rings is 1. The van der Waals surface area contributed by atoms with Crippen molar-refractivity contribution < 1.29 is 0 Å². The molecule has 3 aromatic rings. The molecule has 0 fully saturated rings. The van der Waals surface area contributed by atoms with Crippen LogP contribution in [0.4, 0.5) is 0 Å². The van der Waals surface area contributed by atoms with Crippen LogP contribution in [-0.4, -0.2) is 14.1 Å². The van der Waals surface area contributed by atoms with Crippen LogP contribution in [0.5, 0.6) is 0 Å². The first-order chi connectivity index (χ1) is 9.16. The maximum Gasteiger partial charge on any atom is 0.110 e. The van der Waals surface area contributed by atoms with Crippen LogP contribution in [0.3, 0.4) is 0 Å². The molecule has 2 aromatic heterocycles. The topological polar surface area (TPSA) is 48.8 Å². The van der Waals surface area contributed by atoms with Crippen molar-refractivity contribution in [1.29, 1.82) is 0 Å². The molecule has 0 aliphatic rings. The molecular formula is C15H18N4. The molecular weight excluding hydrogens is 236 g/mol. The van der Waals surface area contributed by atoms with Crippen LogP contribution in [0, 0.1) is 0 Å². The van der Waals surface area contributed by atoms with Gasteiger partial charge in [0.25, 0.3) is 0 Å². The SMILES string of the molecule is Cn1ccnc1CC(N)c1cc2ccccc2n1C. The van der Waals surface area contributed by atoms with Crippen molar-refractivity contribution in [1.82, 2.24) is 14.1 Å². The molecule has 0 bridgehead atoms. The van der Waals surface area contributed by atoms with E-state index in [0.717, 1.165) is 17.9 Å². The minimum Gasteiger partial charge on any atom is -0.346 e. The van der Waals surface area contributed by atoms with Gasteiger partial charge in [0.2, 0.25) is 0 Å². The first-order valence-electron chi connectivity index (χ1n) is 6.43. The number of para-hydroxylation sites is 1. The average molecular weight is 254 g/mol. The number of nitrogens with two attached hydrogens (primary N) is 1. The lowest BCUT2D eigenvalue weighted by molar-refractivity contribution is 0.623. The fourth-order valence-electron chi connectivity index (χ4n) is 2.56. The number of rotatable bonds is 3. The Hall–Kier alpha value is -2.07. The van der Waals surface area contributed by atoms with E-state index in [9.17, 15) is 0 Å². The number of nitrogens with zero attached hydrogens (tertiary/aromatic N) is 3. The number of fused-ring (bicyclic) bond motifs is 1. The number of aryl methyl sites for hydroxylation is 2. The van der Waals surface area contributed by atoms with Crippen LogP contribution < -0.4 is 5.73 Å². The second-order valence-electron chi connectivity index (χ2n) is 4.95. The van der Waals surface area contributed by atoms with Gasteiger partial charge in [-0.2, -0.15) is 0 Å². The van der Waals surface area contributed by atoms with E-state index in [1.54, 1.807) is 0 Å². The molecule has 2 N–H and O–H groups in total. The normalized spacial score (nSPS) is 13.0. The Morgan fingerprint density at radius 2 is 2.05 bits per heavy atom. The van der Waals surface area contributed by atoms with Gasteiger partial charge in [0, 0.05) is 44.1 Å². The summed E-state index contributed by atoms with van der Waals surface area (Å²) in [5.41, 5.74) is 8.70. The summed E-state index contributed by atoms with van der Waals surface area (Å²) >= 11 is 0. The average Bonchev–Trinajstić information content (AvgIpc) is 2.95. The molecule has 19 heavy (non-hydrogen) atoms. The van der Waals surface area contributed by atoms with Crippen molar-refractivity contribution in [2.24, 2.45) is 19.8 Å². The zero-order valence-corrected chi connectivity index (χ0v) is 11.2. The zero-order chi connectivity index (χ0) is 13.4. The highest BCUT2D eigenvalue weighted by molar-refractivity contribution is 5.81. The quantitative estimate of drug-likeness (QED) is 0.778. The highest BCUT2D eigenvalue weighted by Crippen LogP contribution is 2.23. The lowest BCUT2D eigenvalue weighted by atomic mass is 10.1. The summed E-state index contributed by atoms with van der Waals surface area (Å²) in [6.45, 7) is 0. The van der Waals surface area contributed by atoms with Gasteiger partial charge in [-0.3, -0.25) is 0 Å². The van der Waals surface area contributed by atoms with Crippen molar-refractivity contribution in [2.45, 2.75) is 12.5 Å². The van der Waals surface area contributed by atoms with Crippen LogP contribution in [0.25, 0.3) is 10.9 Å². The second kappa shape index (κ2) is 4.55. The molecule has 3 rings (SSSR count). The largest absolute Gasteiger partial charge is 0.346 e. The number of aromatic nitrogens is 3. The summed E-state index contributed by atoms with van der Waals surface area (Å²) in [6, 6.07) is 10.5. The van der Waals surface area contributed by atoms with E-state index in [4.69, 9.17) is 5.73 Å². The Labute approximate surface area is 112 Å². The molecule has 0 radical (unpaired) electrons. The molecule has 2 heterocycles. The van der Waals surface area contributed by atoms with Gasteiger partial charge in [0.1, 0.15) is 5.82 Å². The molecule has 4 nitrogen and oxygen atoms in total. The molecule has 0 spiro atoms. The summed E-state index contributed by atoms with van der Waals surface area (Å²) in [5, 5.41) is 1.23. The van der Waals surface area contributed by atoms with Crippen LogP contribution in [0.2, 0.25) is 0 Å². The van der Waals surface area contributed by atoms with Crippen molar-refractivity contribution in [2.75, 3.05) is 0 Å². The third-order valence-electron chi connectivity index (χ3n) is 3.69. The monoisotopic (exact) mass is 254 g/mol. The Morgan fingerprint density at radius 1 is 1.26 bits per heavy atom. The van der Waals surface area contributed by atoms with Crippen LogP contribution in [0.15, 0.2) is 42.7 Å². The summed E-state index contributed by atoms with van der Waals surface area (Å²) in [5.74, 6) is 1.01. The molecule has 0 saturated heterocycles. The zero-order valence-electron chi connectivity index (χ0n) is 11.2. The van der Waals surface area contributed by atoms with Crippen molar-refractivity contribution in [3.05, 3.63) is 54.2 Å². The molecule has 0 aliphatic heterocycles. The summed E-state index contributed by atoms with van der Waals surface area (Å²) in [4.78, 5) is 4.34. The highest BCUT2D eigenvalue weighted by Gasteiger charge is 2.15. The first-order valence-corrected chi connectivity index (χ1v) is 6.43. The molecule has 0 saturated carbocycles. The van der Waals surface area contributed by atoms with Gasteiger partial charge in [0.05, 0.1) is 6.04 Å². The van der Waals surface area contributed by atoms with Gasteiger partial charge in [-0.15, -0.1) is 0 Å². The van der Waals surface area contributed by atoms with Crippen molar-refractivity contribution in [3.63, 3.8) is 0 Å². The number of hydrogen-bond donors (Lipinski definition) is 1. The Kier molecular flexibility index (Phi) is 2.87. The fraction of sp³-hybridized carbons (Fsp3) is 0.267. The van der Waals surface area contributed by atoms with Crippen LogP contribution in [0.1, 0.15) is 17.6 Å². The second-order valence-corrected chi connectivity index (χ2v) is 4.95. The summed E-state index contributed by atoms with van der Waals surface area (Å²) < 4.78 is 4.19. The Balaban J connectivity index is 1.95. The molecule has 1 aromatic carbocycles. The van der Waals surface area contributed by atoms with E-state index < -0.39 is 0 Å². The third-order valence-corrected chi connectivity index (χ3v) is 3.69. The maximum atomic E-state index is 6.35. The van der Waals surface area contributed by atoms with Crippen LogP contribution >= 0.6 is 0 Å². The third kappa shape index (κ3) is 2.04.